The zero-order valence-corrected chi connectivity index (χ0v) is 20.3. The molecule has 0 aliphatic heterocycles. The lowest BCUT2D eigenvalue weighted by Gasteiger charge is -2.26. The van der Waals surface area contributed by atoms with Crippen LogP contribution >= 0.6 is 23.4 Å². The summed E-state index contributed by atoms with van der Waals surface area (Å²) in [5.41, 5.74) is 4.37. The number of carbonyl (C=O) groups excluding carboxylic acids is 1. The third-order valence-corrected chi connectivity index (χ3v) is 7.61. The zero-order chi connectivity index (χ0) is 23.7. The Kier molecular flexibility index (Phi) is 6.44. The standard InChI is InChI=1S/C27H24ClN3O2S/c1-17-21(28)12-7-15-24(17)31-26(33)20-11-4-5-13-23(20)30-27(31)34-16-25(32)29-22-14-6-9-18-8-2-3-10-19(18)22/h2-5,7-8,10-13,15,22H,6,9,14,16H2,1H3,(H,29,32). The number of benzene rings is 3. The van der Waals surface area contributed by atoms with Crippen molar-refractivity contribution >= 4 is 40.2 Å². The van der Waals surface area contributed by atoms with Crippen LogP contribution in [0.4, 0.5) is 0 Å². The van der Waals surface area contributed by atoms with Crippen molar-refractivity contribution in [2.45, 2.75) is 37.4 Å². The van der Waals surface area contributed by atoms with E-state index in [1.165, 1.54) is 22.9 Å². The summed E-state index contributed by atoms with van der Waals surface area (Å²) >= 11 is 7.62. The molecule has 0 bridgehead atoms. The van der Waals surface area contributed by atoms with E-state index in [-0.39, 0.29) is 23.3 Å². The number of halogens is 1. The van der Waals surface area contributed by atoms with Gasteiger partial charge in [-0.3, -0.25) is 14.2 Å². The van der Waals surface area contributed by atoms with Crippen LogP contribution in [0.5, 0.6) is 0 Å². The van der Waals surface area contributed by atoms with Crippen LogP contribution in [0.15, 0.2) is 76.7 Å². The van der Waals surface area contributed by atoms with E-state index in [9.17, 15) is 9.59 Å². The Hall–Kier alpha value is -3.09. The molecule has 0 saturated carbocycles. The van der Waals surface area contributed by atoms with E-state index in [1.54, 1.807) is 16.7 Å². The predicted octanol–water partition coefficient (Wildman–Crippen LogP) is 5.63. The minimum absolute atomic E-state index is 0.0139. The second kappa shape index (κ2) is 9.65. The van der Waals surface area contributed by atoms with Crippen LogP contribution in [-0.4, -0.2) is 21.2 Å². The highest BCUT2D eigenvalue weighted by Crippen LogP contribution is 2.30. The molecule has 5 rings (SSSR count). The summed E-state index contributed by atoms with van der Waals surface area (Å²) in [5, 5.41) is 4.74. The maximum Gasteiger partial charge on any atom is 0.266 e. The largest absolute Gasteiger partial charge is 0.349 e. The van der Waals surface area contributed by atoms with Crippen LogP contribution in [0.25, 0.3) is 16.6 Å². The van der Waals surface area contributed by atoms with Gasteiger partial charge in [0, 0.05) is 5.02 Å². The van der Waals surface area contributed by atoms with Crippen molar-refractivity contribution in [3.8, 4) is 5.69 Å². The molecule has 1 atom stereocenters. The van der Waals surface area contributed by atoms with Crippen molar-refractivity contribution < 1.29 is 4.79 Å². The molecule has 7 heteroatoms. The second-order valence-electron chi connectivity index (χ2n) is 8.44. The van der Waals surface area contributed by atoms with Gasteiger partial charge in [-0.05, 0) is 67.1 Å². The van der Waals surface area contributed by atoms with E-state index in [1.807, 2.05) is 49.4 Å². The minimum Gasteiger partial charge on any atom is -0.349 e. The summed E-state index contributed by atoms with van der Waals surface area (Å²) in [7, 11) is 0. The molecule has 1 unspecified atom stereocenters. The highest BCUT2D eigenvalue weighted by Gasteiger charge is 2.22. The van der Waals surface area contributed by atoms with Crippen molar-refractivity contribution in [3.63, 3.8) is 0 Å². The Bertz CT molecular complexity index is 1450. The molecule has 1 heterocycles. The van der Waals surface area contributed by atoms with Crippen molar-refractivity contribution in [1.29, 1.82) is 0 Å². The van der Waals surface area contributed by atoms with Gasteiger partial charge >= 0.3 is 0 Å². The molecule has 34 heavy (non-hydrogen) atoms. The highest BCUT2D eigenvalue weighted by molar-refractivity contribution is 7.99. The lowest BCUT2D eigenvalue weighted by Crippen LogP contribution is -2.32. The molecule has 0 radical (unpaired) electrons. The molecular weight excluding hydrogens is 466 g/mol. The van der Waals surface area contributed by atoms with Crippen LogP contribution in [0.2, 0.25) is 5.02 Å². The maximum absolute atomic E-state index is 13.5. The van der Waals surface area contributed by atoms with Gasteiger partial charge in [0.25, 0.3) is 5.56 Å². The first kappa shape index (κ1) is 22.7. The summed E-state index contributed by atoms with van der Waals surface area (Å²) < 4.78 is 1.57. The summed E-state index contributed by atoms with van der Waals surface area (Å²) in [5.74, 6) is 0.0757. The number of aryl methyl sites for hydroxylation is 1. The van der Waals surface area contributed by atoms with E-state index in [0.717, 1.165) is 24.8 Å². The molecular formula is C27H24ClN3O2S. The van der Waals surface area contributed by atoms with E-state index in [2.05, 4.69) is 17.4 Å². The van der Waals surface area contributed by atoms with E-state index in [0.29, 0.717) is 26.8 Å². The first-order chi connectivity index (χ1) is 16.5. The average Bonchev–Trinajstić information content (AvgIpc) is 2.85. The van der Waals surface area contributed by atoms with Crippen molar-refractivity contribution in [3.05, 3.63) is 98.8 Å². The number of nitrogens with zero attached hydrogens (tertiary/aromatic N) is 2. The van der Waals surface area contributed by atoms with Gasteiger partial charge in [-0.2, -0.15) is 0 Å². The first-order valence-electron chi connectivity index (χ1n) is 11.3. The number of nitrogens with one attached hydrogen (secondary N) is 1. The Morgan fingerprint density at radius 1 is 1.12 bits per heavy atom. The smallest absolute Gasteiger partial charge is 0.266 e. The summed E-state index contributed by atoms with van der Waals surface area (Å²) in [6, 6.07) is 21.0. The van der Waals surface area contributed by atoms with Gasteiger partial charge in [0.1, 0.15) is 0 Å². The number of carbonyl (C=O) groups is 1. The van der Waals surface area contributed by atoms with Gasteiger partial charge in [-0.15, -0.1) is 0 Å². The van der Waals surface area contributed by atoms with Crippen molar-refractivity contribution in [1.82, 2.24) is 14.9 Å². The number of rotatable bonds is 5. The molecule has 4 aromatic rings. The lowest BCUT2D eigenvalue weighted by molar-refractivity contribution is -0.119. The third-order valence-electron chi connectivity index (χ3n) is 6.26. The Balaban J connectivity index is 1.45. The third kappa shape index (κ3) is 4.36. The fourth-order valence-corrected chi connectivity index (χ4v) is 5.52. The van der Waals surface area contributed by atoms with Gasteiger partial charge in [0.2, 0.25) is 5.91 Å². The van der Waals surface area contributed by atoms with E-state index in [4.69, 9.17) is 16.6 Å². The average molecular weight is 490 g/mol. The van der Waals surface area contributed by atoms with Crippen LogP contribution < -0.4 is 10.9 Å². The van der Waals surface area contributed by atoms with Gasteiger partial charge < -0.3 is 5.32 Å². The predicted molar refractivity (Wildman–Crippen MR) is 138 cm³/mol. The molecule has 1 amide bonds. The molecule has 172 valence electrons. The minimum atomic E-state index is -0.180. The van der Waals surface area contributed by atoms with Gasteiger partial charge in [0.15, 0.2) is 5.16 Å². The summed E-state index contributed by atoms with van der Waals surface area (Å²) in [6.07, 6.45) is 3.02. The quantitative estimate of drug-likeness (QED) is 0.291. The number of amides is 1. The molecule has 0 fully saturated rings. The number of fused-ring (bicyclic) bond motifs is 2. The second-order valence-corrected chi connectivity index (χ2v) is 9.79. The van der Waals surface area contributed by atoms with Gasteiger partial charge in [-0.1, -0.05) is 65.8 Å². The topological polar surface area (TPSA) is 64.0 Å². The van der Waals surface area contributed by atoms with E-state index < -0.39 is 0 Å². The Morgan fingerprint density at radius 3 is 2.79 bits per heavy atom. The summed E-state index contributed by atoms with van der Waals surface area (Å²) in [4.78, 5) is 31.2. The zero-order valence-electron chi connectivity index (χ0n) is 18.8. The van der Waals surface area contributed by atoms with Gasteiger partial charge in [-0.25, -0.2) is 4.98 Å². The fraction of sp³-hybridized carbons (Fsp3) is 0.222. The lowest BCUT2D eigenvalue weighted by atomic mass is 9.88. The normalized spacial score (nSPS) is 15.2. The van der Waals surface area contributed by atoms with Crippen molar-refractivity contribution in [2.24, 2.45) is 0 Å². The molecule has 1 aromatic heterocycles. The number of hydrogen-bond acceptors (Lipinski definition) is 4. The van der Waals surface area contributed by atoms with Crippen LogP contribution in [0.1, 0.15) is 35.6 Å². The first-order valence-corrected chi connectivity index (χ1v) is 12.7. The number of hydrogen-bond donors (Lipinski definition) is 1. The molecule has 0 spiro atoms. The Morgan fingerprint density at radius 2 is 1.91 bits per heavy atom. The highest BCUT2D eigenvalue weighted by atomic mass is 35.5. The molecule has 1 N–H and O–H groups in total. The van der Waals surface area contributed by atoms with Crippen LogP contribution in [0.3, 0.4) is 0 Å². The number of aromatic nitrogens is 2. The molecule has 0 saturated heterocycles. The summed E-state index contributed by atoms with van der Waals surface area (Å²) in [6.45, 7) is 1.88. The molecule has 5 nitrogen and oxygen atoms in total. The molecule has 1 aliphatic rings. The monoisotopic (exact) mass is 489 g/mol. The molecule has 3 aromatic carbocycles. The van der Waals surface area contributed by atoms with Crippen molar-refractivity contribution in [2.75, 3.05) is 5.75 Å². The van der Waals surface area contributed by atoms with E-state index >= 15 is 0 Å². The fourth-order valence-electron chi connectivity index (χ4n) is 4.53. The Labute approximate surface area is 207 Å². The number of para-hydroxylation sites is 1. The van der Waals surface area contributed by atoms with Crippen LogP contribution in [0, 0.1) is 6.92 Å². The SMILES string of the molecule is Cc1c(Cl)cccc1-n1c(SCC(=O)NC2CCCc3ccccc32)nc2ccccc2c1=O. The number of thioether (sulfide) groups is 1. The molecule has 1 aliphatic carbocycles. The van der Waals surface area contributed by atoms with Crippen LogP contribution in [-0.2, 0) is 11.2 Å². The van der Waals surface area contributed by atoms with Gasteiger partial charge in [0.05, 0.1) is 28.4 Å². The maximum atomic E-state index is 13.5.